The first-order chi connectivity index (χ1) is 17.6. The molecule has 36 heavy (non-hydrogen) atoms. The van der Waals surface area contributed by atoms with Crippen LogP contribution in [0, 0.1) is 0 Å². The number of aryl methyl sites for hydroxylation is 1. The highest BCUT2D eigenvalue weighted by Crippen LogP contribution is 2.31. The maximum absolute atomic E-state index is 4.71. The third kappa shape index (κ3) is 4.52. The van der Waals surface area contributed by atoms with Crippen LogP contribution in [-0.4, -0.2) is 64.6 Å². The molecule has 0 unspecified atom stereocenters. The molecule has 0 atom stereocenters. The lowest BCUT2D eigenvalue weighted by molar-refractivity contribution is 0.312. The van der Waals surface area contributed by atoms with Gasteiger partial charge in [-0.25, -0.2) is 9.97 Å². The van der Waals surface area contributed by atoms with Crippen molar-refractivity contribution < 1.29 is 0 Å². The van der Waals surface area contributed by atoms with Crippen LogP contribution in [0.2, 0.25) is 0 Å². The van der Waals surface area contributed by atoms with E-state index in [1.807, 2.05) is 18.6 Å². The lowest BCUT2D eigenvalue weighted by atomic mass is 9.96. The number of hydrogen-bond acceptors (Lipinski definition) is 7. The molecule has 184 valence electrons. The Balaban J connectivity index is 1.15. The molecule has 0 saturated carbocycles. The zero-order chi connectivity index (χ0) is 24.5. The molecule has 0 aliphatic carbocycles. The molecule has 8 nitrogen and oxygen atoms in total. The zero-order valence-corrected chi connectivity index (χ0v) is 20.7. The van der Waals surface area contributed by atoms with E-state index >= 15 is 0 Å². The topological polar surface area (TPSA) is 85.0 Å². The van der Waals surface area contributed by atoms with Crippen molar-refractivity contribution in [2.24, 2.45) is 0 Å². The molecule has 8 heteroatoms. The smallest absolute Gasteiger partial charge is 0.224 e. The Labute approximate surface area is 211 Å². The van der Waals surface area contributed by atoms with Crippen molar-refractivity contribution in [2.75, 3.05) is 50.0 Å². The average Bonchev–Trinajstić information content (AvgIpc) is 3.24. The fraction of sp³-hybridized carbons (Fsp3) is 0.321. The molecule has 3 aromatic heterocycles. The number of H-pyrrole nitrogens is 1. The standard InChI is InChI=1S/C28H32N8/c1-19-23-7-6-22(14-21(23)4-3-9-29-19)24-17-31-27-25(24)18-33-28(34-27)32-16-20-5-8-26(30-15-20)36-12-10-35(2)11-13-36/h5-8,14-15,17-18,29H,1,3-4,9-13,16H2,2H3,(H2,31,32,33,34). The summed E-state index contributed by atoms with van der Waals surface area (Å²) in [5, 5.41) is 7.76. The highest BCUT2D eigenvalue weighted by Gasteiger charge is 2.16. The number of benzene rings is 1. The zero-order valence-electron chi connectivity index (χ0n) is 20.7. The molecule has 0 radical (unpaired) electrons. The van der Waals surface area contributed by atoms with Gasteiger partial charge >= 0.3 is 0 Å². The molecule has 2 aliphatic heterocycles. The highest BCUT2D eigenvalue weighted by atomic mass is 15.3. The molecule has 2 aliphatic rings. The van der Waals surface area contributed by atoms with Crippen LogP contribution in [0.1, 0.15) is 23.1 Å². The number of pyridine rings is 1. The van der Waals surface area contributed by atoms with Gasteiger partial charge in [0.15, 0.2) is 0 Å². The summed E-state index contributed by atoms with van der Waals surface area (Å²) in [6, 6.07) is 10.8. The van der Waals surface area contributed by atoms with Gasteiger partial charge in [0, 0.05) is 80.1 Å². The average molecular weight is 481 g/mol. The fourth-order valence-corrected chi connectivity index (χ4v) is 5.03. The Hall–Kier alpha value is -3.91. The highest BCUT2D eigenvalue weighted by molar-refractivity contribution is 5.94. The normalized spacial score (nSPS) is 16.5. The molecule has 1 aromatic carbocycles. The molecule has 6 rings (SSSR count). The third-order valence-electron chi connectivity index (χ3n) is 7.22. The summed E-state index contributed by atoms with van der Waals surface area (Å²) < 4.78 is 0. The fourth-order valence-electron chi connectivity index (χ4n) is 5.03. The van der Waals surface area contributed by atoms with E-state index in [9.17, 15) is 0 Å². The van der Waals surface area contributed by atoms with E-state index in [2.05, 4.69) is 79.3 Å². The van der Waals surface area contributed by atoms with Crippen molar-refractivity contribution in [3.8, 4) is 11.1 Å². The van der Waals surface area contributed by atoms with Crippen molar-refractivity contribution in [2.45, 2.75) is 19.4 Å². The Morgan fingerprint density at radius 2 is 1.92 bits per heavy atom. The second-order valence-corrected chi connectivity index (χ2v) is 9.71. The van der Waals surface area contributed by atoms with Crippen LogP contribution < -0.4 is 15.5 Å². The van der Waals surface area contributed by atoms with Crippen LogP contribution in [0.15, 0.2) is 55.5 Å². The maximum Gasteiger partial charge on any atom is 0.224 e. The number of piperazine rings is 1. The summed E-state index contributed by atoms with van der Waals surface area (Å²) in [5.41, 5.74) is 7.78. The minimum atomic E-state index is 0.600. The van der Waals surface area contributed by atoms with Gasteiger partial charge in [0.25, 0.3) is 0 Å². The maximum atomic E-state index is 4.71. The predicted molar refractivity (Wildman–Crippen MR) is 146 cm³/mol. The van der Waals surface area contributed by atoms with Crippen molar-refractivity contribution in [1.29, 1.82) is 0 Å². The van der Waals surface area contributed by atoms with Crippen LogP contribution in [-0.2, 0) is 13.0 Å². The molecule has 1 saturated heterocycles. The number of anilines is 2. The van der Waals surface area contributed by atoms with Crippen molar-refractivity contribution in [3.63, 3.8) is 0 Å². The summed E-state index contributed by atoms with van der Waals surface area (Å²) in [5.74, 6) is 1.64. The lowest BCUT2D eigenvalue weighted by Gasteiger charge is -2.33. The van der Waals surface area contributed by atoms with Gasteiger partial charge in [-0.15, -0.1) is 0 Å². The van der Waals surface area contributed by atoms with E-state index in [-0.39, 0.29) is 0 Å². The van der Waals surface area contributed by atoms with Crippen LogP contribution >= 0.6 is 0 Å². The minimum absolute atomic E-state index is 0.600. The van der Waals surface area contributed by atoms with Gasteiger partial charge in [-0.05, 0) is 42.6 Å². The molecule has 3 N–H and O–H groups in total. The summed E-state index contributed by atoms with van der Waals surface area (Å²) >= 11 is 0. The van der Waals surface area contributed by atoms with E-state index in [4.69, 9.17) is 4.98 Å². The second kappa shape index (κ2) is 9.62. The predicted octanol–water partition coefficient (Wildman–Crippen LogP) is 3.89. The van der Waals surface area contributed by atoms with Gasteiger partial charge in [0.1, 0.15) is 11.5 Å². The summed E-state index contributed by atoms with van der Waals surface area (Å²) in [6.45, 7) is 9.96. The van der Waals surface area contributed by atoms with Crippen LogP contribution in [0.4, 0.5) is 11.8 Å². The SMILES string of the molecule is C=C1NCCCc2cc(-c3c[nH]c4nc(NCc5ccc(N6CCN(C)CC6)nc5)ncc34)ccc21. The third-order valence-corrected chi connectivity index (χ3v) is 7.22. The minimum Gasteiger partial charge on any atom is -0.385 e. The van der Waals surface area contributed by atoms with Crippen molar-refractivity contribution in [3.05, 3.63) is 72.2 Å². The van der Waals surface area contributed by atoms with Gasteiger partial charge < -0.3 is 25.4 Å². The number of nitrogens with zero attached hydrogens (tertiary/aromatic N) is 5. The first kappa shape index (κ1) is 22.5. The molecule has 0 spiro atoms. The molecule has 4 aromatic rings. The molecule has 5 heterocycles. The van der Waals surface area contributed by atoms with Crippen LogP contribution in [0.5, 0.6) is 0 Å². The Morgan fingerprint density at radius 1 is 1.03 bits per heavy atom. The summed E-state index contributed by atoms with van der Waals surface area (Å²) in [4.78, 5) is 22.0. The van der Waals surface area contributed by atoms with Crippen LogP contribution in [0.25, 0.3) is 27.9 Å². The number of likely N-dealkylation sites (N-methyl/N-ethyl adjacent to an activating group) is 1. The van der Waals surface area contributed by atoms with Gasteiger partial charge in [-0.2, -0.15) is 4.98 Å². The number of nitrogens with one attached hydrogen (secondary N) is 3. The van der Waals surface area contributed by atoms with E-state index in [1.54, 1.807) is 0 Å². The van der Waals surface area contributed by atoms with Gasteiger partial charge in [-0.3, -0.25) is 0 Å². The Bertz CT molecular complexity index is 1380. The van der Waals surface area contributed by atoms with E-state index < -0.39 is 0 Å². The van der Waals surface area contributed by atoms with E-state index in [0.29, 0.717) is 12.5 Å². The lowest BCUT2D eigenvalue weighted by Crippen LogP contribution is -2.44. The summed E-state index contributed by atoms with van der Waals surface area (Å²) in [6.07, 6.45) is 8.02. The second-order valence-electron chi connectivity index (χ2n) is 9.71. The monoisotopic (exact) mass is 480 g/mol. The first-order valence-corrected chi connectivity index (χ1v) is 12.7. The molecule has 0 bridgehead atoms. The largest absolute Gasteiger partial charge is 0.385 e. The molecular weight excluding hydrogens is 448 g/mol. The van der Waals surface area contributed by atoms with Gasteiger partial charge in [-0.1, -0.05) is 30.8 Å². The molecular formula is C28H32N8. The summed E-state index contributed by atoms with van der Waals surface area (Å²) in [7, 11) is 2.16. The van der Waals surface area contributed by atoms with Crippen LogP contribution in [0.3, 0.4) is 0 Å². The number of rotatable bonds is 5. The van der Waals surface area contributed by atoms with Gasteiger partial charge in [0.05, 0.1) is 0 Å². The van der Waals surface area contributed by atoms with Crippen molar-refractivity contribution in [1.82, 2.24) is 30.2 Å². The number of aromatic amines is 1. The molecule has 0 amide bonds. The quantitative estimate of drug-likeness (QED) is 0.400. The number of aromatic nitrogens is 4. The van der Waals surface area contributed by atoms with Gasteiger partial charge in [0.2, 0.25) is 5.95 Å². The Kier molecular flexibility index (Phi) is 6.03. The molecule has 1 fully saturated rings. The van der Waals surface area contributed by atoms with Crippen molar-refractivity contribution >= 4 is 28.5 Å². The van der Waals surface area contributed by atoms with E-state index in [0.717, 1.165) is 79.2 Å². The first-order valence-electron chi connectivity index (χ1n) is 12.7. The Morgan fingerprint density at radius 3 is 2.75 bits per heavy atom. The van der Waals surface area contributed by atoms with E-state index in [1.165, 1.54) is 16.7 Å². The number of fused-ring (bicyclic) bond motifs is 2. The number of hydrogen-bond donors (Lipinski definition) is 3.